The van der Waals surface area contributed by atoms with Gasteiger partial charge in [0, 0.05) is 18.8 Å². The van der Waals surface area contributed by atoms with Crippen LogP contribution in [0.4, 0.5) is 0 Å². The van der Waals surface area contributed by atoms with Crippen molar-refractivity contribution in [2.75, 3.05) is 13.1 Å². The van der Waals surface area contributed by atoms with E-state index < -0.39 is 12.1 Å². The summed E-state index contributed by atoms with van der Waals surface area (Å²) in [4.78, 5) is 31.2. The number of ether oxygens (including phenoxy) is 1. The molecule has 1 aromatic carbocycles. The van der Waals surface area contributed by atoms with Gasteiger partial charge in [-0.1, -0.05) is 41.9 Å². The van der Waals surface area contributed by atoms with Gasteiger partial charge in [-0.05, 0) is 63.1 Å². The second-order valence-electron chi connectivity index (χ2n) is 7.75. The molecule has 0 unspecified atom stereocenters. The van der Waals surface area contributed by atoms with Crippen molar-refractivity contribution in [3.05, 3.63) is 63.9 Å². The third-order valence-electron chi connectivity index (χ3n) is 5.43. The molecule has 2 aromatic rings. The molecule has 0 saturated carbocycles. The maximum Gasteiger partial charge on any atom is 0.342 e. The Balaban J connectivity index is 1.54. The first-order valence-corrected chi connectivity index (χ1v) is 10.4. The average molecular weight is 415 g/mol. The van der Waals surface area contributed by atoms with Crippen molar-refractivity contribution >= 4 is 23.5 Å². The Morgan fingerprint density at radius 3 is 2.48 bits per heavy atom. The number of nitrogens with zero attached hydrogens (tertiary/aromatic N) is 2. The van der Waals surface area contributed by atoms with Crippen molar-refractivity contribution < 1.29 is 14.3 Å². The van der Waals surface area contributed by atoms with Crippen molar-refractivity contribution in [3.8, 4) is 0 Å². The van der Waals surface area contributed by atoms with Gasteiger partial charge in [-0.3, -0.25) is 4.79 Å². The van der Waals surface area contributed by atoms with Crippen molar-refractivity contribution in [1.29, 1.82) is 0 Å². The fourth-order valence-corrected chi connectivity index (χ4v) is 4.23. The molecule has 154 valence electrons. The number of pyridine rings is 1. The smallest absolute Gasteiger partial charge is 0.342 e. The first kappa shape index (κ1) is 21.3. The zero-order valence-corrected chi connectivity index (χ0v) is 17.9. The van der Waals surface area contributed by atoms with Crippen LogP contribution in [0.15, 0.2) is 36.4 Å². The fraction of sp³-hybridized carbons (Fsp3) is 0.435. The minimum Gasteiger partial charge on any atom is -0.449 e. The van der Waals surface area contributed by atoms with E-state index in [1.165, 1.54) is 5.56 Å². The van der Waals surface area contributed by atoms with Gasteiger partial charge in [0.15, 0.2) is 6.10 Å². The van der Waals surface area contributed by atoms with Crippen LogP contribution < -0.4 is 0 Å². The summed E-state index contributed by atoms with van der Waals surface area (Å²) in [6.07, 6.45) is 2.08. The van der Waals surface area contributed by atoms with Gasteiger partial charge in [-0.15, -0.1) is 0 Å². The number of carbonyl (C=O) groups is 2. The number of hydrogen-bond acceptors (Lipinski definition) is 4. The maximum atomic E-state index is 12.8. The van der Waals surface area contributed by atoms with Gasteiger partial charge in [0.2, 0.25) is 0 Å². The second-order valence-corrected chi connectivity index (χ2v) is 8.11. The van der Waals surface area contributed by atoms with Crippen molar-refractivity contribution in [1.82, 2.24) is 9.88 Å². The summed E-state index contributed by atoms with van der Waals surface area (Å²) >= 11 is 6.12. The van der Waals surface area contributed by atoms with E-state index in [1.54, 1.807) is 24.8 Å². The molecular formula is C23H27ClN2O3. The lowest BCUT2D eigenvalue weighted by Gasteiger charge is -2.33. The number of piperidine rings is 1. The number of esters is 1. The van der Waals surface area contributed by atoms with Crippen molar-refractivity contribution in [3.63, 3.8) is 0 Å². The molecule has 0 bridgehead atoms. The molecule has 0 radical (unpaired) electrons. The Morgan fingerprint density at radius 2 is 1.86 bits per heavy atom. The second kappa shape index (κ2) is 9.40. The molecular weight excluding hydrogens is 388 g/mol. The van der Waals surface area contributed by atoms with E-state index in [0.29, 0.717) is 24.6 Å². The number of hydrogen-bond donors (Lipinski definition) is 0. The van der Waals surface area contributed by atoms with Crippen LogP contribution in [-0.2, 0) is 16.0 Å². The molecule has 3 rings (SSSR count). The fourth-order valence-electron chi connectivity index (χ4n) is 3.87. The summed E-state index contributed by atoms with van der Waals surface area (Å²) in [6, 6.07) is 12.2. The van der Waals surface area contributed by atoms with Crippen molar-refractivity contribution in [2.45, 2.75) is 46.1 Å². The molecule has 1 aliphatic heterocycles. The van der Waals surface area contributed by atoms with E-state index in [4.69, 9.17) is 16.3 Å². The van der Waals surface area contributed by atoms with Gasteiger partial charge in [-0.2, -0.15) is 0 Å². The van der Waals surface area contributed by atoms with E-state index in [9.17, 15) is 9.59 Å². The minimum absolute atomic E-state index is 0.105. The van der Waals surface area contributed by atoms with E-state index in [-0.39, 0.29) is 16.6 Å². The molecule has 5 nitrogen and oxygen atoms in total. The van der Waals surface area contributed by atoms with Crippen LogP contribution in [-0.4, -0.2) is 41.0 Å². The van der Waals surface area contributed by atoms with Crippen LogP contribution in [0.5, 0.6) is 0 Å². The number of amides is 1. The summed E-state index contributed by atoms with van der Waals surface area (Å²) in [5.41, 5.74) is 2.97. The number of aromatic nitrogens is 1. The molecule has 1 amide bonds. The first-order valence-electron chi connectivity index (χ1n) is 10.0. The number of halogens is 1. The summed E-state index contributed by atoms with van der Waals surface area (Å²) in [7, 11) is 0. The minimum atomic E-state index is -0.857. The highest BCUT2D eigenvalue weighted by Crippen LogP contribution is 2.24. The van der Waals surface area contributed by atoms with Crippen molar-refractivity contribution in [2.24, 2.45) is 5.92 Å². The SMILES string of the molecule is Cc1cc(C)c(C(=O)O[C@@H](C)C(=O)N2CCC(Cc3ccccc3)CC2)c(Cl)n1. The molecule has 1 aromatic heterocycles. The molecule has 0 aliphatic carbocycles. The molecule has 1 fully saturated rings. The highest BCUT2D eigenvalue weighted by molar-refractivity contribution is 6.32. The van der Waals surface area contributed by atoms with Gasteiger partial charge in [0.05, 0.1) is 5.56 Å². The Morgan fingerprint density at radius 1 is 1.21 bits per heavy atom. The number of rotatable bonds is 5. The van der Waals surface area contributed by atoms with E-state index in [2.05, 4.69) is 29.2 Å². The molecule has 2 heterocycles. The zero-order valence-electron chi connectivity index (χ0n) is 17.2. The molecule has 0 spiro atoms. The molecule has 1 atom stereocenters. The summed E-state index contributed by atoms with van der Waals surface area (Å²) < 4.78 is 5.42. The average Bonchev–Trinajstić information content (AvgIpc) is 2.68. The molecule has 29 heavy (non-hydrogen) atoms. The lowest BCUT2D eigenvalue weighted by molar-refractivity contribution is -0.141. The first-order chi connectivity index (χ1) is 13.8. The van der Waals surface area contributed by atoms with Gasteiger partial charge >= 0.3 is 5.97 Å². The number of benzene rings is 1. The summed E-state index contributed by atoms with van der Waals surface area (Å²) in [5.74, 6) is -0.204. The van der Waals surface area contributed by atoms with E-state index in [0.717, 1.165) is 25.0 Å². The molecule has 0 N–H and O–H groups in total. The monoisotopic (exact) mass is 414 g/mol. The molecule has 1 saturated heterocycles. The number of carbonyl (C=O) groups excluding carboxylic acids is 2. The van der Waals surface area contributed by atoms with Gasteiger partial charge in [0.25, 0.3) is 5.91 Å². The number of aryl methyl sites for hydroxylation is 2. The Kier molecular flexibility index (Phi) is 6.91. The zero-order chi connectivity index (χ0) is 21.0. The summed E-state index contributed by atoms with van der Waals surface area (Å²) in [5, 5.41) is 0.105. The van der Waals surface area contributed by atoms with E-state index in [1.807, 2.05) is 13.0 Å². The Bertz CT molecular complexity index is 854. The van der Waals surface area contributed by atoms with E-state index >= 15 is 0 Å². The van der Waals surface area contributed by atoms with Gasteiger partial charge in [-0.25, -0.2) is 9.78 Å². The Labute approximate surface area is 177 Å². The third-order valence-corrected chi connectivity index (χ3v) is 5.70. The van der Waals surface area contributed by atoms with Crippen LogP contribution in [0.3, 0.4) is 0 Å². The highest BCUT2D eigenvalue weighted by atomic mass is 35.5. The standard InChI is InChI=1S/C23H27ClN2O3/c1-15-13-16(2)25-21(24)20(15)23(28)29-17(3)22(27)26-11-9-19(10-12-26)14-18-7-5-4-6-8-18/h4-8,13,17,19H,9-12,14H2,1-3H3/t17-/m0/s1. The van der Waals surface area contributed by atoms with Gasteiger partial charge in [0.1, 0.15) is 5.15 Å². The van der Waals surface area contributed by atoms with Crippen LogP contribution in [0.2, 0.25) is 5.15 Å². The maximum absolute atomic E-state index is 12.8. The third kappa shape index (κ3) is 5.36. The van der Waals surface area contributed by atoms with Crippen LogP contribution in [0.1, 0.15) is 46.9 Å². The topological polar surface area (TPSA) is 59.5 Å². The predicted molar refractivity (Wildman–Crippen MR) is 113 cm³/mol. The van der Waals surface area contributed by atoms with Crippen LogP contribution in [0, 0.1) is 19.8 Å². The molecule has 6 heteroatoms. The normalized spacial score (nSPS) is 15.8. The quantitative estimate of drug-likeness (QED) is 0.538. The highest BCUT2D eigenvalue weighted by Gasteiger charge is 2.29. The Hall–Kier alpha value is -2.40. The number of likely N-dealkylation sites (tertiary alicyclic amines) is 1. The lowest BCUT2D eigenvalue weighted by Crippen LogP contribution is -2.44. The largest absolute Gasteiger partial charge is 0.449 e. The predicted octanol–water partition coefficient (Wildman–Crippen LogP) is 4.38. The van der Waals surface area contributed by atoms with Crippen LogP contribution in [0.25, 0.3) is 0 Å². The van der Waals surface area contributed by atoms with Gasteiger partial charge < -0.3 is 9.64 Å². The molecule has 1 aliphatic rings. The summed E-state index contributed by atoms with van der Waals surface area (Å²) in [6.45, 7) is 6.57. The van der Waals surface area contributed by atoms with Crippen LogP contribution >= 0.6 is 11.6 Å². The lowest BCUT2D eigenvalue weighted by atomic mass is 9.90.